The summed E-state index contributed by atoms with van der Waals surface area (Å²) >= 11 is 0. The number of esters is 1. The molecular formula is C13H22O3. The smallest absolute Gasteiger partial charge is 0.306 e. The average Bonchev–Trinajstić information content (AvgIpc) is 2.24. The molecule has 0 saturated heterocycles. The van der Waals surface area contributed by atoms with Gasteiger partial charge in [0.25, 0.3) is 0 Å². The lowest BCUT2D eigenvalue weighted by Crippen LogP contribution is -2.03. The highest BCUT2D eigenvalue weighted by Crippen LogP contribution is 2.07. The maximum Gasteiger partial charge on any atom is 0.306 e. The molecule has 0 saturated carbocycles. The van der Waals surface area contributed by atoms with Crippen molar-refractivity contribution in [3.63, 3.8) is 0 Å². The Morgan fingerprint density at radius 2 is 1.62 bits per heavy atom. The molecule has 0 aliphatic carbocycles. The molecule has 0 unspecified atom stereocenters. The highest BCUT2D eigenvalue weighted by molar-refractivity contribution is 5.75. The second-order valence-electron chi connectivity index (χ2n) is 3.94. The van der Waals surface area contributed by atoms with Crippen LogP contribution in [-0.2, 0) is 14.3 Å². The molecule has 0 atom stereocenters. The van der Waals surface area contributed by atoms with E-state index < -0.39 is 0 Å². The van der Waals surface area contributed by atoms with E-state index in [-0.39, 0.29) is 11.8 Å². The third-order valence-corrected chi connectivity index (χ3v) is 2.27. The quantitative estimate of drug-likeness (QED) is 0.327. The van der Waals surface area contributed by atoms with Crippen LogP contribution < -0.4 is 0 Å². The Hall–Kier alpha value is -1.12. The van der Waals surface area contributed by atoms with E-state index in [1.54, 1.807) is 13.0 Å². The fourth-order valence-electron chi connectivity index (χ4n) is 1.40. The summed E-state index contributed by atoms with van der Waals surface area (Å²) in [6.45, 7) is 5.40. The van der Waals surface area contributed by atoms with Crippen LogP contribution in [0.3, 0.4) is 0 Å². The van der Waals surface area contributed by atoms with Crippen molar-refractivity contribution < 1.29 is 14.3 Å². The maximum absolute atomic E-state index is 11.1. The van der Waals surface area contributed by atoms with E-state index in [1.807, 2.05) is 0 Å². The highest BCUT2D eigenvalue weighted by Gasteiger charge is 2.01. The largest absolute Gasteiger partial charge is 0.461 e. The normalized spacial score (nSPS) is 9.81. The van der Waals surface area contributed by atoms with Crippen molar-refractivity contribution in [3.8, 4) is 0 Å². The predicted molar refractivity (Wildman–Crippen MR) is 64.2 cm³/mol. The van der Waals surface area contributed by atoms with Crippen molar-refractivity contribution in [2.24, 2.45) is 0 Å². The first-order valence-corrected chi connectivity index (χ1v) is 5.92. The van der Waals surface area contributed by atoms with Crippen molar-refractivity contribution in [2.45, 2.75) is 51.9 Å². The minimum atomic E-state index is -0.149. The Balaban J connectivity index is 3.17. The van der Waals surface area contributed by atoms with E-state index in [0.717, 1.165) is 32.1 Å². The van der Waals surface area contributed by atoms with E-state index in [1.165, 1.54) is 0 Å². The van der Waals surface area contributed by atoms with Gasteiger partial charge in [-0.25, -0.2) is 0 Å². The number of Topliss-reactive ketones (excluding diaryl/α,β-unsaturated/α-hetero) is 1. The second-order valence-corrected chi connectivity index (χ2v) is 3.94. The summed E-state index contributed by atoms with van der Waals surface area (Å²) in [6, 6.07) is 0. The molecule has 0 aliphatic heterocycles. The van der Waals surface area contributed by atoms with Gasteiger partial charge in [-0.05, 0) is 19.8 Å². The van der Waals surface area contributed by atoms with Gasteiger partial charge in [0.15, 0.2) is 0 Å². The zero-order valence-electron chi connectivity index (χ0n) is 10.2. The average molecular weight is 226 g/mol. The zero-order chi connectivity index (χ0) is 12.2. The minimum Gasteiger partial charge on any atom is -0.461 e. The number of ketones is 1. The van der Waals surface area contributed by atoms with Crippen molar-refractivity contribution in [1.82, 2.24) is 0 Å². The standard InChI is InChI=1S/C13H22O3/c1-3-11-16-13(15)10-8-6-4-5-7-9-12(2)14/h3H,1,4-11H2,2H3. The zero-order valence-corrected chi connectivity index (χ0v) is 10.2. The lowest BCUT2D eigenvalue weighted by atomic mass is 10.1. The lowest BCUT2D eigenvalue weighted by molar-refractivity contribution is -0.142. The molecule has 0 bridgehead atoms. The van der Waals surface area contributed by atoms with Crippen LogP contribution in [0.5, 0.6) is 0 Å². The molecule has 3 heteroatoms. The Morgan fingerprint density at radius 3 is 2.19 bits per heavy atom. The van der Waals surface area contributed by atoms with Crippen LogP contribution in [0.1, 0.15) is 51.9 Å². The molecule has 0 aromatic rings. The molecule has 0 rings (SSSR count). The van der Waals surface area contributed by atoms with Gasteiger partial charge in [-0.15, -0.1) is 0 Å². The van der Waals surface area contributed by atoms with Gasteiger partial charge >= 0.3 is 5.97 Å². The fraction of sp³-hybridized carbons (Fsp3) is 0.692. The SMILES string of the molecule is C=CCOC(=O)CCCCCCCC(C)=O. The summed E-state index contributed by atoms with van der Waals surface area (Å²) in [7, 11) is 0. The summed E-state index contributed by atoms with van der Waals surface area (Å²) in [5.41, 5.74) is 0. The van der Waals surface area contributed by atoms with E-state index in [9.17, 15) is 9.59 Å². The van der Waals surface area contributed by atoms with Gasteiger partial charge in [0.1, 0.15) is 12.4 Å². The summed E-state index contributed by atoms with van der Waals surface area (Å²) in [5, 5.41) is 0. The minimum absolute atomic E-state index is 0.149. The van der Waals surface area contributed by atoms with Crippen molar-refractivity contribution in [1.29, 1.82) is 0 Å². The third kappa shape index (κ3) is 11.0. The van der Waals surface area contributed by atoms with Crippen LogP contribution in [-0.4, -0.2) is 18.4 Å². The lowest BCUT2D eigenvalue weighted by Gasteiger charge is -2.02. The van der Waals surface area contributed by atoms with Crippen LogP contribution in [0.4, 0.5) is 0 Å². The fourth-order valence-corrected chi connectivity index (χ4v) is 1.40. The Kier molecular flexibility index (Phi) is 9.67. The predicted octanol–water partition coefficient (Wildman–Crippen LogP) is 3.04. The summed E-state index contributed by atoms with van der Waals surface area (Å²) in [5.74, 6) is 0.108. The molecule has 0 amide bonds. The second kappa shape index (κ2) is 10.4. The number of hydrogen-bond acceptors (Lipinski definition) is 3. The van der Waals surface area contributed by atoms with Gasteiger partial charge < -0.3 is 9.53 Å². The number of carbonyl (C=O) groups is 2. The van der Waals surface area contributed by atoms with Gasteiger partial charge in [-0.2, -0.15) is 0 Å². The molecular weight excluding hydrogens is 204 g/mol. The van der Waals surface area contributed by atoms with Crippen LogP contribution in [0, 0.1) is 0 Å². The maximum atomic E-state index is 11.1. The molecule has 0 heterocycles. The van der Waals surface area contributed by atoms with E-state index in [2.05, 4.69) is 6.58 Å². The van der Waals surface area contributed by atoms with Gasteiger partial charge in [0.05, 0.1) is 0 Å². The molecule has 92 valence electrons. The monoisotopic (exact) mass is 226 g/mol. The van der Waals surface area contributed by atoms with E-state index in [4.69, 9.17) is 4.74 Å². The van der Waals surface area contributed by atoms with Crippen LogP contribution in [0.2, 0.25) is 0 Å². The molecule has 0 spiro atoms. The van der Waals surface area contributed by atoms with Gasteiger partial charge in [-0.3, -0.25) is 4.79 Å². The van der Waals surface area contributed by atoms with Crippen molar-refractivity contribution >= 4 is 11.8 Å². The molecule has 0 aromatic heterocycles. The molecule has 0 aliphatic rings. The number of carbonyl (C=O) groups excluding carboxylic acids is 2. The third-order valence-electron chi connectivity index (χ3n) is 2.27. The number of unbranched alkanes of at least 4 members (excludes halogenated alkanes) is 4. The van der Waals surface area contributed by atoms with E-state index in [0.29, 0.717) is 19.4 Å². The Labute approximate surface area is 97.9 Å². The van der Waals surface area contributed by atoms with Gasteiger partial charge in [0.2, 0.25) is 0 Å². The molecule has 0 aromatic carbocycles. The summed E-state index contributed by atoms with van der Waals surface area (Å²) in [4.78, 5) is 21.7. The first-order chi connectivity index (χ1) is 7.66. The van der Waals surface area contributed by atoms with Crippen LogP contribution >= 0.6 is 0 Å². The molecule has 16 heavy (non-hydrogen) atoms. The summed E-state index contributed by atoms with van der Waals surface area (Å²) < 4.78 is 4.85. The van der Waals surface area contributed by atoms with Crippen molar-refractivity contribution in [2.75, 3.05) is 6.61 Å². The first kappa shape index (κ1) is 14.9. The van der Waals surface area contributed by atoms with Crippen molar-refractivity contribution in [3.05, 3.63) is 12.7 Å². The highest BCUT2D eigenvalue weighted by atomic mass is 16.5. The van der Waals surface area contributed by atoms with Crippen LogP contribution in [0.25, 0.3) is 0 Å². The number of rotatable bonds is 10. The molecule has 0 fully saturated rings. The molecule has 0 radical (unpaired) electrons. The molecule has 3 nitrogen and oxygen atoms in total. The Morgan fingerprint density at radius 1 is 1.06 bits per heavy atom. The van der Waals surface area contributed by atoms with Gasteiger partial charge in [-0.1, -0.05) is 31.9 Å². The topological polar surface area (TPSA) is 43.4 Å². The van der Waals surface area contributed by atoms with E-state index >= 15 is 0 Å². The van der Waals surface area contributed by atoms with Crippen LogP contribution in [0.15, 0.2) is 12.7 Å². The number of hydrogen-bond donors (Lipinski definition) is 0. The van der Waals surface area contributed by atoms with Gasteiger partial charge in [0, 0.05) is 12.8 Å². The molecule has 0 N–H and O–H groups in total. The Bertz CT molecular complexity index is 221. The summed E-state index contributed by atoms with van der Waals surface area (Å²) in [6.07, 6.45) is 7.76. The first-order valence-electron chi connectivity index (χ1n) is 5.92. The number of ether oxygens (including phenoxy) is 1.